The van der Waals surface area contributed by atoms with Crippen LogP contribution in [0.3, 0.4) is 0 Å². The number of hydrogen-bond acceptors (Lipinski definition) is 9. The molecule has 0 saturated carbocycles. The number of aliphatic carboxylic acids is 1. The monoisotopic (exact) mass is 592 g/mol. The van der Waals surface area contributed by atoms with E-state index in [2.05, 4.69) is 21.8 Å². The first kappa shape index (κ1) is 27.1. The van der Waals surface area contributed by atoms with E-state index in [-0.39, 0.29) is 30.4 Å². The van der Waals surface area contributed by atoms with Crippen LogP contribution in [0.4, 0.5) is 20.3 Å². The lowest BCUT2D eigenvalue weighted by molar-refractivity contribution is -0.228. The van der Waals surface area contributed by atoms with E-state index in [0.29, 0.717) is 53.5 Å². The van der Waals surface area contributed by atoms with Crippen molar-refractivity contribution < 1.29 is 32.9 Å². The minimum atomic E-state index is -2.74. The molecule has 3 aromatic rings. The number of thiophene rings is 1. The Hall–Kier alpha value is -3.06. The first-order valence-corrected chi connectivity index (χ1v) is 14.1. The Balaban J connectivity index is 1.29. The van der Waals surface area contributed by atoms with Gasteiger partial charge in [0.15, 0.2) is 0 Å². The lowest BCUT2D eigenvalue weighted by Crippen LogP contribution is -2.68. The van der Waals surface area contributed by atoms with Crippen molar-refractivity contribution in [2.24, 2.45) is 0 Å². The van der Waals surface area contributed by atoms with Crippen molar-refractivity contribution in [1.29, 1.82) is 0 Å². The molecular formula is C27H27ClF2N4O5S. The molecule has 3 aliphatic rings. The second-order valence-corrected chi connectivity index (χ2v) is 11.5. The van der Waals surface area contributed by atoms with Gasteiger partial charge in [-0.1, -0.05) is 17.7 Å². The summed E-state index contributed by atoms with van der Waals surface area (Å²) >= 11 is 7.70. The third kappa shape index (κ3) is 4.98. The van der Waals surface area contributed by atoms with Gasteiger partial charge in [0.2, 0.25) is 5.88 Å². The standard InChI is InChI=1S/C27H27ClF2N4O5S/c1-15-27(13-37-14-27)38-5-4-33(15)20-9-17(28)11-31-25(20)39-18-10-21(26(35)36)34(12-18)23-8-16(24(29)30)7-19(32-23)22-3-2-6-40-22/h2-3,6-9,11,15,18,21,24H,4-5,10,12-14H2,1H3,(H,35,36)/t15-,18-,21-/m0/s1. The van der Waals surface area contributed by atoms with E-state index in [4.69, 9.17) is 25.8 Å². The number of carbonyl (C=O) groups is 1. The Kier molecular flexibility index (Phi) is 7.28. The Morgan fingerprint density at radius 1 is 1.30 bits per heavy atom. The highest BCUT2D eigenvalue weighted by atomic mass is 35.5. The number of carboxylic acids is 1. The van der Waals surface area contributed by atoms with Gasteiger partial charge in [-0.25, -0.2) is 23.5 Å². The highest BCUT2D eigenvalue weighted by Gasteiger charge is 2.50. The van der Waals surface area contributed by atoms with Crippen LogP contribution >= 0.6 is 22.9 Å². The second-order valence-electron chi connectivity index (χ2n) is 10.2. The second kappa shape index (κ2) is 10.7. The Morgan fingerprint density at radius 3 is 2.80 bits per heavy atom. The molecule has 0 radical (unpaired) electrons. The maximum Gasteiger partial charge on any atom is 0.326 e. The molecule has 0 bridgehead atoms. The van der Waals surface area contributed by atoms with E-state index in [9.17, 15) is 18.7 Å². The van der Waals surface area contributed by atoms with Gasteiger partial charge >= 0.3 is 5.97 Å². The highest BCUT2D eigenvalue weighted by Crippen LogP contribution is 2.40. The summed E-state index contributed by atoms with van der Waals surface area (Å²) in [6.07, 6.45) is -1.73. The maximum atomic E-state index is 13.8. The van der Waals surface area contributed by atoms with E-state index in [1.807, 2.05) is 11.4 Å². The van der Waals surface area contributed by atoms with Gasteiger partial charge in [-0.15, -0.1) is 11.3 Å². The topological polar surface area (TPSA) is 97.3 Å². The Morgan fingerprint density at radius 2 is 2.12 bits per heavy atom. The lowest BCUT2D eigenvalue weighted by Gasteiger charge is -2.53. The molecule has 3 aromatic heterocycles. The van der Waals surface area contributed by atoms with Gasteiger partial charge < -0.3 is 29.1 Å². The third-order valence-corrected chi connectivity index (χ3v) is 8.83. The lowest BCUT2D eigenvalue weighted by atomic mass is 9.90. The van der Waals surface area contributed by atoms with Gasteiger partial charge in [0.05, 0.1) is 48.0 Å². The zero-order valence-electron chi connectivity index (χ0n) is 21.5. The smallest absolute Gasteiger partial charge is 0.326 e. The van der Waals surface area contributed by atoms with Crippen LogP contribution in [-0.4, -0.2) is 77.7 Å². The molecule has 1 N–H and O–H groups in total. The molecule has 0 amide bonds. The molecule has 3 atom stereocenters. The van der Waals surface area contributed by atoms with Crippen LogP contribution in [-0.2, 0) is 14.3 Å². The van der Waals surface area contributed by atoms with E-state index < -0.39 is 30.1 Å². The van der Waals surface area contributed by atoms with Crippen LogP contribution in [0.5, 0.6) is 5.88 Å². The quantitative estimate of drug-likeness (QED) is 0.411. The fourth-order valence-corrected chi connectivity index (χ4v) is 6.34. The number of anilines is 2. The van der Waals surface area contributed by atoms with Crippen molar-refractivity contribution in [3.63, 3.8) is 0 Å². The van der Waals surface area contributed by atoms with Crippen molar-refractivity contribution in [2.45, 2.75) is 43.6 Å². The zero-order chi connectivity index (χ0) is 28.0. The number of ether oxygens (including phenoxy) is 3. The van der Waals surface area contributed by atoms with Crippen molar-refractivity contribution >= 4 is 40.4 Å². The summed E-state index contributed by atoms with van der Waals surface area (Å²) in [6, 6.07) is 6.91. The third-order valence-electron chi connectivity index (χ3n) is 7.73. The molecule has 40 heavy (non-hydrogen) atoms. The average molecular weight is 593 g/mol. The number of nitrogens with zero attached hydrogens (tertiary/aromatic N) is 4. The summed E-state index contributed by atoms with van der Waals surface area (Å²) in [5.41, 5.74) is 0.405. The number of hydrogen-bond donors (Lipinski definition) is 1. The molecule has 6 rings (SSSR count). The summed E-state index contributed by atoms with van der Waals surface area (Å²) in [5, 5.41) is 12.3. The van der Waals surface area contributed by atoms with Crippen LogP contribution in [0, 0.1) is 0 Å². The zero-order valence-corrected chi connectivity index (χ0v) is 23.1. The van der Waals surface area contributed by atoms with E-state index in [1.165, 1.54) is 34.6 Å². The van der Waals surface area contributed by atoms with Crippen molar-refractivity contribution in [2.75, 3.05) is 42.7 Å². The minimum Gasteiger partial charge on any atom is -0.480 e. The van der Waals surface area contributed by atoms with Crippen LogP contribution in [0.25, 0.3) is 10.6 Å². The van der Waals surface area contributed by atoms with Gasteiger partial charge in [0, 0.05) is 24.7 Å². The van der Waals surface area contributed by atoms with Crippen molar-refractivity contribution in [3.05, 3.63) is 52.5 Å². The van der Waals surface area contributed by atoms with Gasteiger partial charge in [0.1, 0.15) is 29.3 Å². The Bertz CT molecular complexity index is 1390. The number of alkyl halides is 2. The predicted octanol–water partition coefficient (Wildman–Crippen LogP) is 4.90. The molecule has 1 spiro atoms. The number of carboxylic acid groups (broad SMARTS) is 1. The number of aromatic nitrogens is 2. The Labute approximate surface area is 238 Å². The van der Waals surface area contributed by atoms with Gasteiger partial charge in [-0.3, -0.25) is 0 Å². The first-order chi connectivity index (χ1) is 19.2. The normalized spacial score (nSPS) is 24.0. The van der Waals surface area contributed by atoms with Gasteiger partial charge in [-0.2, -0.15) is 0 Å². The molecule has 3 aliphatic heterocycles. The minimum absolute atomic E-state index is 0.0404. The fourth-order valence-electron chi connectivity index (χ4n) is 5.50. The summed E-state index contributed by atoms with van der Waals surface area (Å²) < 4.78 is 45.5. The SMILES string of the molecule is C[C@@H]1N(c2cc(Cl)cnc2O[C@H]2C[C@@H](C(=O)O)N(c3cc(C(F)F)cc(-c4cccs4)n3)C2)CCOC12COC2. The molecule has 0 aromatic carbocycles. The fraction of sp³-hybridized carbons (Fsp3) is 0.444. The van der Waals surface area contributed by atoms with Crippen LogP contribution < -0.4 is 14.5 Å². The molecule has 6 heterocycles. The molecule has 3 fully saturated rings. The molecular weight excluding hydrogens is 566 g/mol. The van der Waals surface area contributed by atoms with Gasteiger partial charge in [-0.05, 0) is 36.6 Å². The molecule has 212 valence electrons. The van der Waals surface area contributed by atoms with E-state index >= 15 is 0 Å². The molecule has 0 aliphatic carbocycles. The summed E-state index contributed by atoms with van der Waals surface area (Å²) in [5.74, 6) is -0.609. The molecule has 13 heteroatoms. The summed E-state index contributed by atoms with van der Waals surface area (Å²) in [6.45, 7) is 4.25. The molecule has 9 nitrogen and oxygen atoms in total. The summed E-state index contributed by atoms with van der Waals surface area (Å²) in [4.78, 5) is 25.7. The number of morpholine rings is 1. The largest absolute Gasteiger partial charge is 0.480 e. The number of rotatable bonds is 7. The van der Waals surface area contributed by atoms with E-state index in [0.717, 1.165) is 0 Å². The van der Waals surface area contributed by atoms with Crippen LogP contribution in [0.1, 0.15) is 25.3 Å². The van der Waals surface area contributed by atoms with Crippen LogP contribution in [0.15, 0.2) is 41.9 Å². The summed E-state index contributed by atoms with van der Waals surface area (Å²) in [7, 11) is 0. The highest BCUT2D eigenvalue weighted by molar-refractivity contribution is 7.13. The first-order valence-electron chi connectivity index (χ1n) is 12.9. The van der Waals surface area contributed by atoms with Gasteiger partial charge in [0.25, 0.3) is 6.43 Å². The van der Waals surface area contributed by atoms with Crippen molar-refractivity contribution in [3.8, 4) is 16.5 Å². The molecule has 3 saturated heterocycles. The predicted molar refractivity (Wildman–Crippen MR) is 146 cm³/mol. The van der Waals surface area contributed by atoms with Crippen LogP contribution in [0.2, 0.25) is 5.02 Å². The average Bonchev–Trinajstić information content (AvgIpc) is 3.60. The number of pyridine rings is 2. The number of halogens is 3. The van der Waals surface area contributed by atoms with E-state index in [1.54, 1.807) is 12.1 Å². The van der Waals surface area contributed by atoms with Crippen molar-refractivity contribution in [1.82, 2.24) is 9.97 Å². The maximum absolute atomic E-state index is 13.8. The molecule has 0 unspecified atom stereocenters.